The highest BCUT2D eigenvalue weighted by molar-refractivity contribution is 5.47. The predicted octanol–water partition coefficient (Wildman–Crippen LogP) is 3.04. The van der Waals surface area contributed by atoms with Crippen molar-refractivity contribution in [1.82, 2.24) is 0 Å². The van der Waals surface area contributed by atoms with Crippen LogP contribution in [0.15, 0.2) is 18.2 Å². The lowest BCUT2D eigenvalue weighted by Crippen LogP contribution is -2.13. The van der Waals surface area contributed by atoms with Crippen LogP contribution in [-0.4, -0.2) is 13.2 Å². The van der Waals surface area contributed by atoms with E-state index in [0.717, 1.165) is 12.1 Å². The Labute approximate surface area is 84.1 Å². The SMILES string of the molecule is CCC(C)Nc1ccc(OC)c(F)c1. The number of benzene rings is 1. The van der Waals surface area contributed by atoms with Gasteiger partial charge in [0.25, 0.3) is 0 Å². The molecule has 14 heavy (non-hydrogen) atoms. The van der Waals surface area contributed by atoms with Gasteiger partial charge in [0.2, 0.25) is 0 Å². The summed E-state index contributed by atoms with van der Waals surface area (Å²) in [6.45, 7) is 4.14. The van der Waals surface area contributed by atoms with Crippen LogP contribution in [0.4, 0.5) is 10.1 Å². The average molecular weight is 197 g/mol. The van der Waals surface area contributed by atoms with Crippen LogP contribution in [-0.2, 0) is 0 Å². The Kier molecular flexibility index (Phi) is 3.74. The van der Waals surface area contributed by atoms with E-state index in [1.807, 2.05) is 6.07 Å². The van der Waals surface area contributed by atoms with Gasteiger partial charge in [-0.2, -0.15) is 0 Å². The van der Waals surface area contributed by atoms with Gasteiger partial charge in [0, 0.05) is 17.8 Å². The van der Waals surface area contributed by atoms with Crippen molar-refractivity contribution in [3.05, 3.63) is 24.0 Å². The summed E-state index contributed by atoms with van der Waals surface area (Å²) in [4.78, 5) is 0. The van der Waals surface area contributed by atoms with Crippen molar-refractivity contribution in [2.24, 2.45) is 0 Å². The molecule has 0 aliphatic rings. The van der Waals surface area contributed by atoms with E-state index in [2.05, 4.69) is 19.2 Å². The smallest absolute Gasteiger partial charge is 0.167 e. The number of nitrogens with one attached hydrogen (secondary N) is 1. The van der Waals surface area contributed by atoms with E-state index in [1.54, 1.807) is 6.07 Å². The first-order valence-corrected chi connectivity index (χ1v) is 4.77. The summed E-state index contributed by atoms with van der Waals surface area (Å²) in [5.74, 6) is -0.0551. The molecule has 0 fully saturated rings. The Hall–Kier alpha value is -1.25. The average Bonchev–Trinajstić information content (AvgIpc) is 2.18. The standard InChI is InChI=1S/C11H16FNO/c1-4-8(2)13-9-5-6-11(14-3)10(12)7-9/h5-8,13H,4H2,1-3H3. The van der Waals surface area contributed by atoms with Gasteiger partial charge in [-0.3, -0.25) is 0 Å². The van der Waals surface area contributed by atoms with Gasteiger partial charge >= 0.3 is 0 Å². The van der Waals surface area contributed by atoms with E-state index < -0.39 is 0 Å². The molecule has 0 aliphatic carbocycles. The summed E-state index contributed by atoms with van der Waals surface area (Å²) in [7, 11) is 1.46. The zero-order chi connectivity index (χ0) is 10.6. The van der Waals surface area contributed by atoms with Crippen LogP contribution in [0.25, 0.3) is 0 Å². The van der Waals surface area contributed by atoms with Crippen LogP contribution in [0.2, 0.25) is 0 Å². The van der Waals surface area contributed by atoms with Gasteiger partial charge in [0.05, 0.1) is 7.11 Å². The molecule has 0 saturated heterocycles. The third-order valence-corrected chi connectivity index (χ3v) is 2.18. The molecule has 3 heteroatoms. The first-order valence-electron chi connectivity index (χ1n) is 4.77. The summed E-state index contributed by atoms with van der Waals surface area (Å²) in [6.07, 6.45) is 1.01. The largest absolute Gasteiger partial charge is 0.494 e. The van der Waals surface area contributed by atoms with Crippen molar-refractivity contribution in [3.8, 4) is 5.75 Å². The molecule has 0 spiro atoms. The van der Waals surface area contributed by atoms with E-state index in [-0.39, 0.29) is 11.6 Å². The first kappa shape index (κ1) is 10.8. The Bertz CT molecular complexity index is 301. The molecule has 1 rings (SSSR count). The Morgan fingerprint density at radius 3 is 2.71 bits per heavy atom. The zero-order valence-electron chi connectivity index (χ0n) is 8.80. The van der Waals surface area contributed by atoms with Gasteiger partial charge < -0.3 is 10.1 Å². The van der Waals surface area contributed by atoms with Crippen LogP contribution in [0.5, 0.6) is 5.75 Å². The second-order valence-corrected chi connectivity index (χ2v) is 3.30. The van der Waals surface area contributed by atoms with E-state index in [1.165, 1.54) is 13.2 Å². The molecule has 1 aromatic rings. The van der Waals surface area contributed by atoms with Gasteiger partial charge in [-0.15, -0.1) is 0 Å². The van der Waals surface area contributed by atoms with Crippen molar-refractivity contribution in [1.29, 1.82) is 0 Å². The van der Waals surface area contributed by atoms with Crippen LogP contribution in [0.3, 0.4) is 0 Å². The Morgan fingerprint density at radius 2 is 2.21 bits per heavy atom. The first-order chi connectivity index (χ1) is 6.67. The molecule has 0 heterocycles. The lowest BCUT2D eigenvalue weighted by atomic mass is 10.2. The molecule has 0 bridgehead atoms. The lowest BCUT2D eigenvalue weighted by Gasteiger charge is -2.13. The molecule has 1 unspecified atom stereocenters. The summed E-state index contributed by atoms with van der Waals surface area (Å²) in [5, 5.41) is 3.19. The maximum Gasteiger partial charge on any atom is 0.167 e. The Morgan fingerprint density at radius 1 is 1.50 bits per heavy atom. The fourth-order valence-electron chi connectivity index (χ4n) is 1.14. The maximum absolute atomic E-state index is 13.2. The fourth-order valence-corrected chi connectivity index (χ4v) is 1.14. The number of hydrogen-bond donors (Lipinski definition) is 1. The van der Waals surface area contributed by atoms with Crippen LogP contribution >= 0.6 is 0 Å². The van der Waals surface area contributed by atoms with Gasteiger partial charge in [0.1, 0.15) is 0 Å². The molecule has 0 aromatic heterocycles. The van der Waals surface area contributed by atoms with Crippen molar-refractivity contribution < 1.29 is 9.13 Å². The molecule has 0 saturated carbocycles. The van der Waals surface area contributed by atoms with Crippen LogP contribution in [0.1, 0.15) is 20.3 Å². The maximum atomic E-state index is 13.2. The number of hydrogen-bond acceptors (Lipinski definition) is 2. The summed E-state index contributed by atoms with van der Waals surface area (Å²) >= 11 is 0. The molecule has 1 aromatic carbocycles. The summed E-state index contributed by atoms with van der Waals surface area (Å²) in [6, 6.07) is 5.24. The highest BCUT2D eigenvalue weighted by atomic mass is 19.1. The molecule has 0 radical (unpaired) electrons. The third kappa shape index (κ3) is 2.62. The molecule has 78 valence electrons. The van der Waals surface area contributed by atoms with E-state index in [0.29, 0.717) is 6.04 Å². The van der Waals surface area contributed by atoms with E-state index >= 15 is 0 Å². The normalized spacial score (nSPS) is 12.3. The van der Waals surface area contributed by atoms with Crippen molar-refractivity contribution in [2.75, 3.05) is 12.4 Å². The zero-order valence-corrected chi connectivity index (χ0v) is 8.80. The topological polar surface area (TPSA) is 21.3 Å². The molecular formula is C11H16FNO. The number of anilines is 1. The second kappa shape index (κ2) is 4.84. The minimum atomic E-state index is -0.333. The third-order valence-electron chi connectivity index (χ3n) is 2.18. The van der Waals surface area contributed by atoms with E-state index in [9.17, 15) is 4.39 Å². The second-order valence-electron chi connectivity index (χ2n) is 3.30. The lowest BCUT2D eigenvalue weighted by molar-refractivity contribution is 0.386. The highest BCUT2D eigenvalue weighted by Crippen LogP contribution is 2.21. The molecule has 0 aliphatic heterocycles. The number of ether oxygens (including phenoxy) is 1. The van der Waals surface area contributed by atoms with Crippen LogP contribution in [0, 0.1) is 5.82 Å². The predicted molar refractivity (Wildman–Crippen MR) is 56.3 cm³/mol. The van der Waals surface area contributed by atoms with E-state index in [4.69, 9.17) is 4.74 Å². The molecule has 1 N–H and O–H groups in total. The number of rotatable bonds is 4. The van der Waals surface area contributed by atoms with Gasteiger partial charge in [-0.1, -0.05) is 6.92 Å². The van der Waals surface area contributed by atoms with Crippen LogP contribution < -0.4 is 10.1 Å². The highest BCUT2D eigenvalue weighted by Gasteiger charge is 2.04. The number of halogens is 1. The van der Waals surface area contributed by atoms with Gasteiger partial charge in [-0.25, -0.2) is 4.39 Å². The summed E-state index contributed by atoms with van der Waals surface area (Å²) < 4.78 is 18.1. The Balaban J connectivity index is 2.76. The van der Waals surface area contributed by atoms with Crippen molar-refractivity contribution >= 4 is 5.69 Å². The molecule has 1 atom stereocenters. The monoisotopic (exact) mass is 197 g/mol. The quantitative estimate of drug-likeness (QED) is 0.801. The molecule has 2 nitrogen and oxygen atoms in total. The van der Waals surface area contributed by atoms with Crippen molar-refractivity contribution in [2.45, 2.75) is 26.3 Å². The van der Waals surface area contributed by atoms with Gasteiger partial charge in [0.15, 0.2) is 11.6 Å². The molecule has 0 amide bonds. The number of methoxy groups -OCH3 is 1. The minimum Gasteiger partial charge on any atom is -0.494 e. The fraction of sp³-hybridized carbons (Fsp3) is 0.455. The van der Waals surface area contributed by atoms with Gasteiger partial charge in [-0.05, 0) is 25.5 Å². The minimum absolute atomic E-state index is 0.278. The molecular weight excluding hydrogens is 181 g/mol. The van der Waals surface area contributed by atoms with Crippen molar-refractivity contribution in [3.63, 3.8) is 0 Å². The summed E-state index contributed by atoms with van der Waals surface area (Å²) in [5.41, 5.74) is 0.789.